The van der Waals surface area contributed by atoms with E-state index in [0.29, 0.717) is 19.8 Å². The largest absolute Gasteiger partial charge is 0.378 e. The molecule has 5 nitrogen and oxygen atoms in total. The van der Waals surface area contributed by atoms with Crippen molar-refractivity contribution in [2.24, 2.45) is 11.0 Å². The molecule has 0 amide bonds. The molecule has 0 aliphatic carbocycles. The van der Waals surface area contributed by atoms with Crippen LogP contribution in [0.5, 0.6) is 0 Å². The van der Waals surface area contributed by atoms with E-state index < -0.39 is 0 Å². The molecule has 19 heavy (non-hydrogen) atoms. The number of ether oxygens (including phenoxy) is 2. The SMILES string of the molecule is CC[C@@H]1COCC(OCc2ccccc2)[C@@H]1N=[N+]=[N-]. The van der Waals surface area contributed by atoms with Crippen LogP contribution in [0.1, 0.15) is 18.9 Å². The molecule has 1 aliphatic rings. The third kappa shape index (κ3) is 3.70. The number of hydrogen-bond donors (Lipinski definition) is 0. The number of hydrogen-bond acceptors (Lipinski definition) is 3. The van der Waals surface area contributed by atoms with Crippen molar-refractivity contribution in [1.82, 2.24) is 0 Å². The van der Waals surface area contributed by atoms with Gasteiger partial charge in [0, 0.05) is 11.5 Å². The summed E-state index contributed by atoms with van der Waals surface area (Å²) in [6, 6.07) is 9.84. The first-order valence-corrected chi connectivity index (χ1v) is 6.62. The van der Waals surface area contributed by atoms with E-state index in [1.807, 2.05) is 30.3 Å². The molecule has 1 unspecified atom stereocenters. The molecular formula is C14H19N3O2. The standard InChI is InChI=1S/C14H19N3O2/c1-2-12-9-18-10-13(14(12)16-17-15)19-8-11-6-4-3-5-7-11/h3-7,12-14H,2,8-10H2,1H3/t12-,13?,14-/m1/s1. The minimum Gasteiger partial charge on any atom is -0.378 e. The Hall–Kier alpha value is -1.55. The highest BCUT2D eigenvalue weighted by atomic mass is 16.5. The quantitative estimate of drug-likeness (QED) is 0.463. The van der Waals surface area contributed by atoms with Gasteiger partial charge in [-0.25, -0.2) is 0 Å². The second-order valence-corrected chi connectivity index (χ2v) is 4.74. The van der Waals surface area contributed by atoms with E-state index in [9.17, 15) is 0 Å². The molecule has 0 radical (unpaired) electrons. The monoisotopic (exact) mass is 261 g/mol. The predicted octanol–water partition coefficient (Wildman–Crippen LogP) is 3.31. The first kappa shape index (κ1) is 13.9. The number of nitrogens with zero attached hydrogens (tertiary/aromatic N) is 3. The molecule has 5 heteroatoms. The van der Waals surface area contributed by atoms with E-state index in [0.717, 1.165) is 12.0 Å². The van der Waals surface area contributed by atoms with Crippen molar-refractivity contribution in [1.29, 1.82) is 0 Å². The summed E-state index contributed by atoms with van der Waals surface area (Å²) in [5.41, 5.74) is 9.81. The fourth-order valence-corrected chi connectivity index (χ4v) is 2.35. The Morgan fingerprint density at radius 1 is 1.37 bits per heavy atom. The van der Waals surface area contributed by atoms with E-state index in [2.05, 4.69) is 16.9 Å². The Balaban J connectivity index is 1.98. The van der Waals surface area contributed by atoms with Gasteiger partial charge in [-0.05, 0) is 17.0 Å². The summed E-state index contributed by atoms with van der Waals surface area (Å²) in [6.45, 7) is 3.73. The first-order chi connectivity index (χ1) is 9.35. The van der Waals surface area contributed by atoms with Gasteiger partial charge in [-0.2, -0.15) is 0 Å². The molecule has 1 heterocycles. The second-order valence-electron chi connectivity index (χ2n) is 4.74. The summed E-state index contributed by atoms with van der Waals surface area (Å²) in [6.07, 6.45) is 0.768. The summed E-state index contributed by atoms with van der Waals surface area (Å²) in [7, 11) is 0. The lowest BCUT2D eigenvalue weighted by Crippen LogP contribution is -2.44. The molecule has 0 spiro atoms. The average molecular weight is 261 g/mol. The maximum Gasteiger partial charge on any atom is 0.0901 e. The van der Waals surface area contributed by atoms with E-state index in [1.165, 1.54) is 0 Å². The van der Waals surface area contributed by atoms with Crippen LogP contribution in [0.25, 0.3) is 10.4 Å². The molecule has 0 aromatic heterocycles. The summed E-state index contributed by atoms with van der Waals surface area (Å²) >= 11 is 0. The molecular weight excluding hydrogens is 242 g/mol. The highest BCUT2D eigenvalue weighted by Crippen LogP contribution is 2.24. The fourth-order valence-electron chi connectivity index (χ4n) is 2.35. The van der Waals surface area contributed by atoms with Crippen molar-refractivity contribution >= 4 is 0 Å². The lowest BCUT2D eigenvalue weighted by atomic mass is 9.92. The lowest BCUT2D eigenvalue weighted by molar-refractivity contribution is -0.0916. The zero-order chi connectivity index (χ0) is 13.5. The van der Waals surface area contributed by atoms with E-state index in [-0.39, 0.29) is 18.1 Å². The maximum atomic E-state index is 8.70. The summed E-state index contributed by atoms with van der Waals surface area (Å²) in [5.74, 6) is 0.241. The zero-order valence-electron chi connectivity index (χ0n) is 11.1. The molecule has 0 N–H and O–H groups in total. The minimum atomic E-state index is -0.158. The maximum absolute atomic E-state index is 8.70. The second kappa shape index (κ2) is 7.14. The van der Waals surface area contributed by atoms with Crippen LogP contribution >= 0.6 is 0 Å². The summed E-state index contributed by atoms with van der Waals surface area (Å²) in [5, 5.41) is 3.91. The van der Waals surface area contributed by atoms with Gasteiger partial charge >= 0.3 is 0 Å². The zero-order valence-corrected chi connectivity index (χ0v) is 11.1. The molecule has 1 fully saturated rings. The molecule has 102 valence electrons. The van der Waals surface area contributed by atoms with Gasteiger partial charge in [-0.15, -0.1) is 0 Å². The van der Waals surface area contributed by atoms with Crippen LogP contribution in [0.15, 0.2) is 35.4 Å². The van der Waals surface area contributed by atoms with Crippen molar-refractivity contribution in [3.63, 3.8) is 0 Å². The Morgan fingerprint density at radius 2 is 2.16 bits per heavy atom. The predicted molar refractivity (Wildman–Crippen MR) is 72.6 cm³/mol. The van der Waals surface area contributed by atoms with Gasteiger partial charge in [-0.1, -0.05) is 48.8 Å². The van der Waals surface area contributed by atoms with Crippen LogP contribution in [0.3, 0.4) is 0 Å². The minimum absolute atomic E-state index is 0.132. The van der Waals surface area contributed by atoms with Crippen molar-refractivity contribution in [3.8, 4) is 0 Å². The van der Waals surface area contributed by atoms with E-state index in [4.69, 9.17) is 15.0 Å². The third-order valence-corrected chi connectivity index (χ3v) is 3.49. The highest BCUT2D eigenvalue weighted by molar-refractivity contribution is 5.13. The van der Waals surface area contributed by atoms with E-state index in [1.54, 1.807) is 0 Å². The first-order valence-electron chi connectivity index (χ1n) is 6.62. The molecule has 1 saturated heterocycles. The van der Waals surface area contributed by atoms with Crippen molar-refractivity contribution < 1.29 is 9.47 Å². The highest BCUT2D eigenvalue weighted by Gasteiger charge is 2.33. The van der Waals surface area contributed by atoms with Gasteiger partial charge < -0.3 is 9.47 Å². The van der Waals surface area contributed by atoms with Crippen molar-refractivity contribution in [3.05, 3.63) is 46.3 Å². The van der Waals surface area contributed by atoms with Crippen LogP contribution < -0.4 is 0 Å². The van der Waals surface area contributed by atoms with Crippen LogP contribution in [0, 0.1) is 5.92 Å². The van der Waals surface area contributed by atoms with Crippen LogP contribution in [0.4, 0.5) is 0 Å². The van der Waals surface area contributed by atoms with Crippen LogP contribution in [-0.4, -0.2) is 25.4 Å². The normalized spacial score (nSPS) is 26.7. The van der Waals surface area contributed by atoms with Gasteiger partial charge in [0.15, 0.2) is 0 Å². The average Bonchev–Trinajstić information content (AvgIpc) is 2.47. The van der Waals surface area contributed by atoms with Gasteiger partial charge in [0.25, 0.3) is 0 Å². The number of rotatable bonds is 5. The van der Waals surface area contributed by atoms with E-state index >= 15 is 0 Å². The van der Waals surface area contributed by atoms with Crippen LogP contribution in [-0.2, 0) is 16.1 Å². The molecule has 3 atom stereocenters. The molecule has 0 bridgehead atoms. The number of azide groups is 1. The molecule has 1 aliphatic heterocycles. The van der Waals surface area contributed by atoms with Gasteiger partial charge in [0.05, 0.1) is 25.4 Å². The smallest absolute Gasteiger partial charge is 0.0901 e. The number of benzene rings is 1. The topological polar surface area (TPSA) is 67.2 Å². The third-order valence-electron chi connectivity index (χ3n) is 3.49. The molecule has 0 saturated carbocycles. The molecule has 2 rings (SSSR count). The summed E-state index contributed by atoms with van der Waals surface area (Å²) in [4.78, 5) is 2.95. The van der Waals surface area contributed by atoms with Crippen LogP contribution in [0.2, 0.25) is 0 Å². The Bertz CT molecular complexity index is 432. The summed E-state index contributed by atoms with van der Waals surface area (Å²) < 4.78 is 11.4. The Labute approximate surface area is 113 Å². The van der Waals surface area contributed by atoms with Crippen molar-refractivity contribution in [2.45, 2.75) is 32.1 Å². The fraction of sp³-hybridized carbons (Fsp3) is 0.571. The van der Waals surface area contributed by atoms with Gasteiger partial charge in [0.2, 0.25) is 0 Å². The lowest BCUT2D eigenvalue weighted by Gasteiger charge is -2.34. The Kier molecular flexibility index (Phi) is 5.21. The molecule has 1 aromatic rings. The van der Waals surface area contributed by atoms with Gasteiger partial charge in [-0.3, -0.25) is 0 Å². The Morgan fingerprint density at radius 3 is 2.84 bits per heavy atom. The van der Waals surface area contributed by atoms with Gasteiger partial charge in [0.1, 0.15) is 0 Å². The van der Waals surface area contributed by atoms with Crippen molar-refractivity contribution in [2.75, 3.05) is 13.2 Å². The molecule has 1 aromatic carbocycles.